The molecule has 0 atom stereocenters. The minimum atomic E-state index is -3.82. The van der Waals surface area contributed by atoms with Crippen LogP contribution in [0.2, 0.25) is 0 Å². The lowest BCUT2D eigenvalue weighted by Gasteiger charge is -2.17. The normalized spacial score (nSPS) is 13.4. The number of nitrogens with zero attached hydrogens (tertiary/aromatic N) is 1. The summed E-state index contributed by atoms with van der Waals surface area (Å²) in [6, 6.07) is 10.4. The lowest BCUT2D eigenvalue weighted by Crippen LogP contribution is -2.25. The number of benzene rings is 2. The van der Waals surface area contributed by atoms with Crippen molar-refractivity contribution in [2.75, 3.05) is 23.3 Å². The fraction of sp³-hybridized carbons (Fsp3) is 0.316. The number of rotatable bonds is 5. The first-order valence-electron chi connectivity index (χ1n) is 8.46. The molecule has 1 aliphatic heterocycles. The maximum atomic E-state index is 12.9. The van der Waals surface area contributed by atoms with Gasteiger partial charge in [0.15, 0.2) is 0 Å². The number of nitrogens with one attached hydrogen (secondary N) is 1. The van der Waals surface area contributed by atoms with E-state index in [2.05, 4.69) is 4.72 Å². The number of carbonyl (C=O) groups excluding carboxylic acids is 1. The lowest BCUT2D eigenvalue weighted by atomic mass is 10.1. The zero-order chi connectivity index (χ0) is 18.9. The van der Waals surface area contributed by atoms with Gasteiger partial charge in [0.1, 0.15) is 10.6 Å². The van der Waals surface area contributed by atoms with Crippen molar-refractivity contribution in [1.82, 2.24) is 0 Å². The number of fused-ring (bicyclic) bond motifs is 1. The molecule has 7 heteroatoms. The number of hydrogen-bond donors (Lipinski definition) is 1. The van der Waals surface area contributed by atoms with Crippen molar-refractivity contribution in [3.8, 4) is 5.75 Å². The van der Waals surface area contributed by atoms with Crippen molar-refractivity contribution in [2.45, 2.75) is 31.6 Å². The highest BCUT2D eigenvalue weighted by Crippen LogP contribution is 2.33. The molecule has 0 fully saturated rings. The van der Waals surface area contributed by atoms with Gasteiger partial charge in [0.2, 0.25) is 5.91 Å². The minimum absolute atomic E-state index is 0.0546. The fourth-order valence-corrected chi connectivity index (χ4v) is 4.40. The first-order valence-corrected chi connectivity index (χ1v) is 9.94. The monoisotopic (exact) mass is 374 g/mol. The molecular weight excluding hydrogens is 352 g/mol. The number of methoxy groups -OCH3 is 1. The van der Waals surface area contributed by atoms with Crippen molar-refractivity contribution >= 4 is 27.3 Å². The van der Waals surface area contributed by atoms with Crippen LogP contribution >= 0.6 is 0 Å². The molecule has 2 aromatic rings. The molecule has 26 heavy (non-hydrogen) atoms. The largest absolute Gasteiger partial charge is 0.495 e. The van der Waals surface area contributed by atoms with Gasteiger partial charge in [-0.3, -0.25) is 9.52 Å². The first kappa shape index (κ1) is 18.3. The van der Waals surface area contributed by atoms with Crippen LogP contribution in [-0.4, -0.2) is 28.0 Å². The number of hydrogen-bond acceptors (Lipinski definition) is 4. The van der Waals surface area contributed by atoms with Gasteiger partial charge >= 0.3 is 0 Å². The van der Waals surface area contributed by atoms with Crippen molar-refractivity contribution < 1.29 is 17.9 Å². The average Bonchev–Trinajstić information content (AvgIpc) is 3.04. The second-order valence-electron chi connectivity index (χ2n) is 6.21. The van der Waals surface area contributed by atoms with Gasteiger partial charge in [-0.25, -0.2) is 8.42 Å². The Morgan fingerprint density at radius 1 is 1.23 bits per heavy atom. The molecule has 0 spiro atoms. The van der Waals surface area contributed by atoms with E-state index in [-0.39, 0.29) is 10.8 Å². The smallest absolute Gasteiger partial charge is 0.265 e. The van der Waals surface area contributed by atoms with E-state index in [1.807, 2.05) is 19.1 Å². The van der Waals surface area contributed by atoms with E-state index in [1.165, 1.54) is 14.0 Å². The van der Waals surface area contributed by atoms with Gasteiger partial charge in [-0.15, -0.1) is 0 Å². The Kier molecular flexibility index (Phi) is 4.91. The van der Waals surface area contributed by atoms with Gasteiger partial charge < -0.3 is 9.64 Å². The van der Waals surface area contributed by atoms with Crippen LogP contribution in [-0.2, 0) is 27.7 Å². The van der Waals surface area contributed by atoms with Crippen LogP contribution in [0.25, 0.3) is 0 Å². The van der Waals surface area contributed by atoms with Gasteiger partial charge in [-0.2, -0.15) is 0 Å². The van der Waals surface area contributed by atoms with Gasteiger partial charge in [-0.1, -0.05) is 19.1 Å². The Bertz CT molecular complexity index is 954. The number of ether oxygens (including phenoxy) is 1. The summed E-state index contributed by atoms with van der Waals surface area (Å²) in [4.78, 5) is 13.5. The molecule has 0 saturated heterocycles. The third-order valence-corrected chi connectivity index (χ3v) is 5.94. The molecule has 6 nitrogen and oxygen atoms in total. The molecule has 138 valence electrons. The maximum absolute atomic E-state index is 12.9. The number of aryl methyl sites for hydroxylation is 1. The third kappa shape index (κ3) is 3.39. The van der Waals surface area contributed by atoms with Crippen LogP contribution in [0, 0.1) is 0 Å². The van der Waals surface area contributed by atoms with E-state index >= 15 is 0 Å². The average molecular weight is 374 g/mol. The third-order valence-electron chi connectivity index (χ3n) is 4.54. The van der Waals surface area contributed by atoms with E-state index < -0.39 is 10.0 Å². The van der Waals surface area contributed by atoms with Crippen LogP contribution in [0.4, 0.5) is 11.4 Å². The number of sulfonamides is 1. The van der Waals surface area contributed by atoms with Crippen LogP contribution in [0.3, 0.4) is 0 Å². The van der Waals surface area contributed by atoms with Crippen LogP contribution in [0.15, 0.2) is 41.3 Å². The number of carbonyl (C=O) groups is 1. The predicted molar refractivity (Wildman–Crippen MR) is 101 cm³/mol. The fourth-order valence-electron chi connectivity index (χ4n) is 3.13. The van der Waals surface area contributed by atoms with E-state index in [1.54, 1.807) is 29.2 Å². The van der Waals surface area contributed by atoms with Gasteiger partial charge in [-0.05, 0) is 48.2 Å². The molecule has 0 radical (unpaired) electrons. The Labute approximate surface area is 153 Å². The van der Waals surface area contributed by atoms with E-state index in [0.717, 1.165) is 29.7 Å². The predicted octanol–water partition coefficient (Wildman–Crippen LogP) is 2.97. The van der Waals surface area contributed by atoms with E-state index in [4.69, 9.17) is 4.74 Å². The first-order chi connectivity index (χ1) is 12.4. The molecular formula is C19H22N2O4S. The zero-order valence-electron chi connectivity index (χ0n) is 15.1. The number of amides is 1. The lowest BCUT2D eigenvalue weighted by molar-refractivity contribution is -0.116. The van der Waals surface area contributed by atoms with Gasteiger partial charge in [0.25, 0.3) is 10.0 Å². The molecule has 3 rings (SSSR count). The summed E-state index contributed by atoms with van der Waals surface area (Å²) in [6.07, 6.45) is 1.49. The molecule has 1 N–H and O–H groups in total. The molecule has 0 bridgehead atoms. The zero-order valence-corrected chi connectivity index (χ0v) is 15.9. The molecule has 0 aliphatic carbocycles. The molecule has 2 aromatic carbocycles. The second kappa shape index (κ2) is 6.99. The quantitative estimate of drug-likeness (QED) is 0.873. The molecule has 0 saturated carbocycles. The molecule has 1 heterocycles. The van der Waals surface area contributed by atoms with E-state index in [0.29, 0.717) is 18.0 Å². The molecule has 0 unspecified atom stereocenters. The Balaban J connectivity index is 1.96. The van der Waals surface area contributed by atoms with Gasteiger partial charge in [0.05, 0.1) is 12.8 Å². The summed E-state index contributed by atoms with van der Waals surface area (Å²) < 4.78 is 33.6. The summed E-state index contributed by atoms with van der Waals surface area (Å²) in [5.41, 5.74) is 3.12. The SMILES string of the molecule is CCc1ccc(OC)c(S(=O)(=O)Nc2ccc3c(c2)N(C(C)=O)CC3)c1. The van der Waals surface area contributed by atoms with Crippen molar-refractivity contribution in [1.29, 1.82) is 0 Å². The summed E-state index contributed by atoms with van der Waals surface area (Å²) in [5.74, 6) is 0.238. The van der Waals surface area contributed by atoms with Crippen molar-refractivity contribution in [3.63, 3.8) is 0 Å². The van der Waals surface area contributed by atoms with Crippen LogP contribution in [0.1, 0.15) is 25.0 Å². The Hall–Kier alpha value is -2.54. The Morgan fingerprint density at radius 2 is 2.00 bits per heavy atom. The highest BCUT2D eigenvalue weighted by molar-refractivity contribution is 7.92. The highest BCUT2D eigenvalue weighted by atomic mass is 32.2. The van der Waals surface area contributed by atoms with Crippen molar-refractivity contribution in [2.24, 2.45) is 0 Å². The summed E-state index contributed by atoms with van der Waals surface area (Å²) in [7, 11) is -2.38. The highest BCUT2D eigenvalue weighted by Gasteiger charge is 2.24. The van der Waals surface area contributed by atoms with Crippen LogP contribution in [0.5, 0.6) is 5.75 Å². The topological polar surface area (TPSA) is 75.7 Å². The van der Waals surface area contributed by atoms with Crippen LogP contribution < -0.4 is 14.4 Å². The molecule has 0 aromatic heterocycles. The van der Waals surface area contributed by atoms with E-state index in [9.17, 15) is 13.2 Å². The van der Waals surface area contributed by atoms with Gasteiger partial charge in [0, 0.05) is 19.2 Å². The van der Waals surface area contributed by atoms with Crippen molar-refractivity contribution in [3.05, 3.63) is 47.5 Å². The summed E-state index contributed by atoms with van der Waals surface area (Å²) in [6.45, 7) is 4.09. The summed E-state index contributed by atoms with van der Waals surface area (Å²) in [5, 5.41) is 0. The molecule has 1 aliphatic rings. The Morgan fingerprint density at radius 3 is 2.65 bits per heavy atom. The molecule has 1 amide bonds. The minimum Gasteiger partial charge on any atom is -0.495 e. The number of anilines is 2. The summed E-state index contributed by atoms with van der Waals surface area (Å²) >= 11 is 0. The second-order valence-corrected chi connectivity index (χ2v) is 7.86. The maximum Gasteiger partial charge on any atom is 0.265 e. The standard InChI is InChI=1S/C19H22N2O4S/c1-4-14-5-8-18(25-3)19(11-14)26(23,24)20-16-7-6-15-9-10-21(13(2)22)17(15)12-16/h5-8,11-12,20H,4,9-10H2,1-3H3.